The number of aromatic nitrogens is 3. The van der Waals surface area contributed by atoms with Gasteiger partial charge in [-0.25, -0.2) is 0 Å². The molecule has 0 saturated heterocycles. The van der Waals surface area contributed by atoms with E-state index in [2.05, 4.69) is 44.3 Å². The van der Waals surface area contributed by atoms with E-state index in [-0.39, 0.29) is 10.8 Å². The Hall–Kier alpha value is -1.49. The zero-order valence-corrected chi connectivity index (χ0v) is 13.4. The number of ketones is 1. The smallest absolute Gasteiger partial charge is 0.143 e. The summed E-state index contributed by atoms with van der Waals surface area (Å²) in [6.45, 7) is 0. The second-order valence-electron chi connectivity index (χ2n) is 6.60. The summed E-state index contributed by atoms with van der Waals surface area (Å²) in [5.74, 6) is 1.40. The van der Waals surface area contributed by atoms with Crippen molar-refractivity contribution in [3.05, 3.63) is 46.5 Å². The largest absolute Gasteiger partial charge is 0.320 e. The third-order valence-corrected chi connectivity index (χ3v) is 5.51. The number of hydrogen-bond donors (Lipinski definition) is 0. The Morgan fingerprint density at radius 1 is 1.29 bits per heavy atom. The third kappa shape index (κ3) is 1.83. The topological polar surface area (TPSA) is 47.8 Å². The van der Waals surface area contributed by atoms with Gasteiger partial charge in [-0.05, 0) is 36.0 Å². The highest BCUT2D eigenvalue weighted by Gasteiger charge is 2.62. The van der Waals surface area contributed by atoms with Crippen molar-refractivity contribution in [2.45, 2.75) is 31.1 Å². The first kappa shape index (κ1) is 13.2. The van der Waals surface area contributed by atoms with Crippen LogP contribution in [0.5, 0.6) is 0 Å². The molecule has 4 rings (SSSR count). The highest BCUT2D eigenvalue weighted by Crippen LogP contribution is 2.65. The Labute approximate surface area is 131 Å². The molecule has 1 heterocycles. The van der Waals surface area contributed by atoms with Crippen molar-refractivity contribution in [2.24, 2.45) is 12.5 Å². The monoisotopic (exact) mass is 345 g/mol. The number of Topliss-reactive ketones (excluding diaryl/α,β-unsaturated/α-hetero) is 1. The number of aryl methyl sites for hydroxylation is 1. The summed E-state index contributed by atoms with van der Waals surface area (Å²) in [6.07, 6.45) is 5.22. The SMILES string of the molecule is Cn1cnnc1C1(c2cccc(Br)c2)CC2(CC(=O)C2)C1. The molecule has 2 aliphatic rings. The molecule has 1 aromatic heterocycles. The molecule has 2 fully saturated rings. The zero-order chi connectivity index (χ0) is 14.7. The van der Waals surface area contributed by atoms with E-state index in [0.29, 0.717) is 5.78 Å². The van der Waals surface area contributed by atoms with Crippen molar-refractivity contribution >= 4 is 21.7 Å². The number of rotatable bonds is 2. The van der Waals surface area contributed by atoms with Gasteiger partial charge in [0.2, 0.25) is 0 Å². The van der Waals surface area contributed by atoms with Crippen LogP contribution in [-0.4, -0.2) is 20.5 Å². The number of carbonyl (C=O) groups excluding carboxylic acids is 1. The van der Waals surface area contributed by atoms with Gasteiger partial charge in [-0.2, -0.15) is 0 Å². The van der Waals surface area contributed by atoms with E-state index in [1.165, 1.54) is 5.56 Å². The molecule has 2 aliphatic carbocycles. The molecular formula is C16H16BrN3O. The molecule has 108 valence electrons. The van der Waals surface area contributed by atoms with E-state index in [0.717, 1.165) is 36.0 Å². The lowest BCUT2D eigenvalue weighted by Crippen LogP contribution is -2.57. The first-order valence-corrected chi connectivity index (χ1v) is 7.95. The fourth-order valence-electron chi connectivity index (χ4n) is 4.26. The summed E-state index contributed by atoms with van der Waals surface area (Å²) in [7, 11) is 1.99. The van der Waals surface area contributed by atoms with Crippen LogP contribution in [0.2, 0.25) is 0 Å². The van der Waals surface area contributed by atoms with Crippen LogP contribution in [0.4, 0.5) is 0 Å². The molecule has 0 amide bonds. The van der Waals surface area contributed by atoms with Gasteiger partial charge in [-0.3, -0.25) is 4.79 Å². The van der Waals surface area contributed by atoms with Gasteiger partial charge in [0, 0.05) is 24.4 Å². The molecule has 4 nitrogen and oxygen atoms in total. The molecule has 0 N–H and O–H groups in total. The van der Waals surface area contributed by atoms with Crippen LogP contribution in [0.15, 0.2) is 35.1 Å². The molecule has 0 atom stereocenters. The van der Waals surface area contributed by atoms with Crippen LogP contribution in [0.1, 0.15) is 37.1 Å². The van der Waals surface area contributed by atoms with Gasteiger partial charge in [0.1, 0.15) is 17.9 Å². The van der Waals surface area contributed by atoms with E-state index in [1.54, 1.807) is 6.33 Å². The van der Waals surface area contributed by atoms with E-state index >= 15 is 0 Å². The molecule has 1 aromatic carbocycles. The molecule has 0 aliphatic heterocycles. The average Bonchev–Trinajstić information content (AvgIpc) is 2.78. The van der Waals surface area contributed by atoms with Crippen molar-refractivity contribution < 1.29 is 4.79 Å². The van der Waals surface area contributed by atoms with E-state index < -0.39 is 0 Å². The molecular weight excluding hydrogens is 330 g/mol. The Morgan fingerprint density at radius 2 is 2.05 bits per heavy atom. The maximum atomic E-state index is 11.4. The molecule has 2 aromatic rings. The normalized spacial score (nSPS) is 21.9. The van der Waals surface area contributed by atoms with Crippen LogP contribution >= 0.6 is 15.9 Å². The highest BCUT2D eigenvalue weighted by atomic mass is 79.9. The van der Waals surface area contributed by atoms with E-state index in [1.807, 2.05) is 17.7 Å². The van der Waals surface area contributed by atoms with Crippen LogP contribution < -0.4 is 0 Å². The second kappa shape index (κ2) is 4.26. The second-order valence-corrected chi connectivity index (χ2v) is 7.52. The summed E-state index contributed by atoms with van der Waals surface area (Å²) < 4.78 is 3.08. The fraction of sp³-hybridized carbons (Fsp3) is 0.438. The van der Waals surface area contributed by atoms with Crippen molar-refractivity contribution in [1.29, 1.82) is 0 Å². The van der Waals surface area contributed by atoms with Gasteiger partial charge < -0.3 is 4.57 Å². The van der Waals surface area contributed by atoms with Gasteiger partial charge >= 0.3 is 0 Å². The average molecular weight is 346 g/mol. The molecule has 0 radical (unpaired) electrons. The summed E-state index contributed by atoms with van der Waals surface area (Å²) in [5, 5.41) is 8.43. The standard InChI is InChI=1S/C16H16BrN3O/c1-20-10-18-19-14(20)16(11-3-2-4-12(17)5-11)8-15(9-16)6-13(21)7-15/h2-5,10H,6-9H2,1H3. The van der Waals surface area contributed by atoms with E-state index in [9.17, 15) is 4.79 Å². The van der Waals surface area contributed by atoms with Crippen LogP contribution in [0.25, 0.3) is 0 Å². The Morgan fingerprint density at radius 3 is 2.62 bits per heavy atom. The lowest BCUT2D eigenvalue weighted by atomic mass is 9.43. The molecule has 1 spiro atoms. The zero-order valence-electron chi connectivity index (χ0n) is 11.8. The Balaban J connectivity index is 1.78. The lowest BCUT2D eigenvalue weighted by molar-refractivity contribution is -0.143. The predicted molar refractivity (Wildman–Crippen MR) is 81.8 cm³/mol. The summed E-state index contributed by atoms with van der Waals surface area (Å²) in [6, 6.07) is 8.43. The molecule has 2 saturated carbocycles. The van der Waals surface area contributed by atoms with Gasteiger partial charge in [0.15, 0.2) is 0 Å². The summed E-state index contributed by atoms with van der Waals surface area (Å²) in [5.41, 5.74) is 1.37. The van der Waals surface area contributed by atoms with Crippen molar-refractivity contribution in [1.82, 2.24) is 14.8 Å². The summed E-state index contributed by atoms with van der Waals surface area (Å²) >= 11 is 3.56. The van der Waals surface area contributed by atoms with Crippen LogP contribution in [0, 0.1) is 5.41 Å². The number of halogens is 1. The lowest BCUT2D eigenvalue weighted by Gasteiger charge is -2.59. The van der Waals surface area contributed by atoms with Crippen LogP contribution in [0.3, 0.4) is 0 Å². The van der Waals surface area contributed by atoms with Gasteiger partial charge in [-0.1, -0.05) is 28.1 Å². The minimum Gasteiger partial charge on any atom is -0.320 e. The highest BCUT2D eigenvalue weighted by molar-refractivity contribution is 9.10. The molecule has 5 heteroatoms. The van der Waals surface area contributed by atoms with E-state index in [4.69, 9.17) is 0 Å². The Kier molecular flexibility index (Phi) is 2.67. The van der Waals surface area contributed by atoms with Crippen LogP contribution in [-0.2, 0) is 17.3 Å². The number of nitrogens with zero attached hydrogens (tertiary/aromatic N) is 3. The minimum absolute atomic E-state index is 0.101. The minimum atomic E-state index is -0.101. The first-order valence-electron chi connectivity index (χ1n) is 7.15. The number of benzene rings is 1. The maximum absolute atomic E-state index is 11.4. The molecule has 21 heavy (non-hydrogen) atoms. The van der Waals surface area contributed by atoms with Gasteiger partial charge in [0.25, 0.3) is 0 Å². The van der Waals surface area contributed by atoms with Crippen molar-refractivity contribution in [2.75, 3.05) is 0 Å². The van der Waals surface area contributed by atoms with Crippen molar-refractivity contribution in [3.8, 4) is 0 Å². The van der Waals surface area contributed by atoms with Crippen molar-refractivity contribution in [3.63, 3.8) is 0 Å². The summed E-state index contributed by atoms with van der Waals surface area (Å²) in [4.78, 5) is 11.4. The Bertz CT molecular complexity index is 721. The van der Waals surface area contributed by atoms with Gasteiger partial charge in [-0.15, -0.1) is 10.2 Å². The predicted octanol–water partition coefficient (Wildman–Crippen LogP) is 3.01. The third-order valence-electron chi connectivity index (χ3n) is 5.01. The molecule has 0 unspecified atom stereocenters. The quantitative estimate of drug-likeness (QED) is 0.840. The molecule has 0 bridgehead atoms. The van der Waals surface area contributed by atoms with Gasteiger partial charge in [0.05, 0.1) is 5.41 Å². The maximum Gasteiger partial charge on any atom is 0.143 e. The fourth-order valence-corrected chi connectivity index (χ4v) is 4.66. The first-order chi connectivity index (χ1) is 10.0. The number of hydrogen-bond acceptors (Lipinski definition) is 3. The number of carbonyl (C=O) groups is 1.